The normalized spacial score (nSPS) is 11.2. The highest BCUT2D eigenvalue weighted by molar-refractivity contribution is 6.25. The topological polar surface area (TPSA) is 47.0 Å². The summed E-state index contributed by atoms with van der Waals surface area (Å²) in [6, 6.07) is 3.21. The van der Waals surface area contributed by atoms with Crippen molar-refractivity contribution in [3.05, 3.63) is 41.7 Å². The number of hydrogen-bond acceptors (Lipinski definition) is 3. The zero-order valence-corrected chi connectivity index (χ0v) is 8.86. The Labute approximate surface area is 88.8 Å². The first-order chi connectivity index (χ1) is 7.16. The van der Waals surface area contributed by atoms with Crippen LogP contribution < -0.4 is 0 Å². The molecule has 0 aliphatic carbocycles. The fourth-order valence-electron chi connectivity index (χ4n) is 1.26. The zero-order valence-electron chi connectivity index (χ0n) is 8.86. The van der Waals surface area contributed by atoms with Crippen molar-refractivity contribution in [2.75, 3.05) is 0 Å². The van der Waals surface area contributed by atoms with Crippen LogP contribution in [0.2, 0.25) is 0 Å². The van der Waals surface area contributed by atoms with Gasteiger partial charge in [0.25, 0.3) is 0 Å². The maximum Gasteiger partial charge on any atom is 0.196 e. The predicted octanol–water partition coefficient (Wildman–Crippen LogP) is 2.19. The molecule has 0 atom stereocenters. The molecule has 3 nitrogen and oxygen atoms in total. The highest BCUT2D eigenvalue weighted by atomic mass is 16.1. The van der Waals surface area contributed by atoms with E-state index in [-0.39, 0.29) is 17.1 Å². The summed E-state index contributed by atoms with van der Waals surface area (Å²) < 4.78 is 0. The maximum atomic E-state index is 11.9. The Hall–Kier alpha value is -1.77. The second-order valence-corrected chi connectivity index (χ2v) is 3.15. The Morgan fingerprint density at radius 3 is 2.40 bits per heavy atom. The monoisotopic (exact) mass is 203 g/mol. The molecule has 0 bridgehead atoms. The standard InChI is InChI=1S/C12H13NO2/c1-3-4-11(9(2)14)12(15)10-5-7-13-8-6-10/h4-8H,3H2,1-2H3/b11-4+. The maximum absolute atomic E-state index is 11.9. The first kappa shape index (κ1) is 11.3. The van der Waals surface area contributed by atoms with E-state index < -0.39 is 0 Å². The Morgan fingerprint density at radius 2 is 1.93 bits per heavy atom. The minimum Gasteiger partial charge on any atom is -0.294 e. The van der Waals surface area contributed by atoms with E-state index in [1.165, 1.54) is 19.3 Å². The van der Waals surface area contributed by atoms with Crippen LogP contribution in [0.1, 0.15) is 30.6 Å². The summed E-state index contributed by atoms with van der Waals surface area (Å²) in [4.78, 5) is 26.9. The Kier molecular flexibility index (Phi) is 3.92. The highest BCUT2D eigenvalue weighted by Crippen LogP contribution is 2.09. The quantitative estimate of drug-likeness (QED) is 0.326. The molecule has 0 unspecified atom stereocenters. The molecule has 0 saturated heterocycles. The average molecular weight is 203 g/mol. The largest absolute Gasteiger partial charge is 0.294 e. The van der Waals surface area contributed by atoms with Crippen molar-refractivity contribution in [3.8, 4) is 0 Å². The molecular weight excluding hydrogens is 190 g/mol. The zero-order chi connectivity index (χ0) is 11.3. The molecule has 0 amide bonds. The molecule has 0 aromatic carbocycles. The van der Waals surface area contributed by atoms with Crippen molar-refractivity contribution in [1.29, 1.82) is 0 Å². The van der Waals surface area contributed by atoms with Gasteiger partial charge in [-0.15, -0.1) is 0 Å². The van der Waals surface area contributed by atoms with Crippen LogP contribution in [0, 0.1) is 0 Å². The average Bonchev–Trinajstić information content (AvgIpc) is 2.26. The number of pyridine rings is 1. The Morgan fingerprint density at radius 1 is 1.33 bits per heavy atom. The van der Waals surface area contributed by atoms with E-state index in [2.05, 4.69) is 4.98 Å². The number of allylic oxidation sites excluding steroid dienone is 2. The molecule has 1 aromatic rings. The number of ketones is 2. The van der Waals surface area contributed by atoms with Gasteiger partial charge >= 0.3 is 0 Å². The summed E-state index contributed by atoms with van der Waals surface area (Å²) >= 11 is 0. The summed E-state index contributed by atoms with van der Waals surface area (Å²) in [5.74, 6) is -0.426. The third-order valence-corrected chi connectivity index (χ3v) is 1.97. The van der Waals surface area contributed by atoms with E-state index in [1.807, 2.05) is 6.92 Å². The fourth-order valence-corrected chi connectivity index (χ4v) is 1.26. The van der Waals surface area contributed by atoms with Crippen LogP contribution in [0.3, 0.4) is 0 Å². The molecule has 0 aliphatic heterocycles. The van der Waals surface area contributed by atoms with Crippen molar-refractivity contribution in [1.82, 2.24) is 4.98 Å². The minimum atomic E-state index is -0.230. The number of carbonyl (C=O) groups is 2. The van der Waals surface area contributed by atoms with E-state index in [1.54, 1.807) is 18.2 Å². The SMILES string of the molecule is CC/C=C(\C(C)=O)C(=O)c1ccncc1. The van der Waals surface area contributed by atoms with Crippen LogP contribution in [0.5, 0.6) is 0 Å². The lowest BCUT2D eigenvalue weighted by molar-refractivity contribution is -0.113. The lowest BCUT2D eigenvalue weighted by Gasteiger charge is -2.01. The van der Waals surface area contributed by atoms with Crippen molar-refractivity contribution in [3.63, 3.8) is 0 Å². The Bertz CT molecular complexity index is 393. The van der Waals surface area contributed by atoms with Gasteiger partial charge in [0, 0.05) is 18.0 Å². The number of hydrogen-bond donors (Lipinski definition) is 0. The molecular formula is C12H13NO2. The van der Waals surface area contributed by atoms with Crippen molar-refractivity contribution >= 4 is 11.6 Å². The third kappa shape index (κ3) is 2.84. The van der Waals surface area contributed by atoms with Gasteiger partial charge in [-0.3, -0.25) is 14.6 Å². The van der Waals surface area contributed by atoms with Crippen LogP contribution in [-0.4, -0.2) is 16.6 Å². The summed E-state index contributed by atoms with van der Waals surface area (Å²) in [7, 11) is 0. The third-order valence-electron chi connectivity index (χ3n) is 1.97. The van der Waals surface area contributed by atoms with Gasteiger partial charge in [-0.1, -0.05) is 13.0 Å². The number of aromatic nitrogens is 1. The first-order valence-electron chi connectivity index (χ1n) is 4.82. The van der Waals surface area contributed by atoms with Crippen LogP contribution in [0.15, 0.2) is 36.2 Å². The van der Waals surface area contributed by atoms with Crippen molar-refractivity contribution < 1.29 is 9.59 Å². The highest BCUT2D eigenvalue weighted by Gasteiger charge is 2.15. The molecule has 0 aliphatic rings. The molecule has 78 valence electrons. The number of Topliss-reactive ketones (excluding diaryl/α,β-unsaturated/α-hetero) is 2. The van der Waals surface area contributed by atoms with Gasteiger partial charge in [0.2, 0.25) is 0 Å². The van der Waals surface area contributed by atoms with Gasteiger partial charge in [-0.2, -0.15) is 0 Å². The van der Waals surface area contributed by atoms with E-state index in [4.69, 9.17) is 0 Å². The number of rotatable bonds is 4. The second kappa shape index (κ2) is 5.20. The summed E-state index contributed by atoms with van der Waals surface area (Å²) in [5.41, 5.74) is 0.753. The number of nitrogens with zero attached hydrogens (tertiary/aromatic N) is 1. The fraction of sp³-hybridized carbons (Fsp3) is 0.250. The van der Waals surface area contributed by atoms with Crippen molar-refractivity contribution in [2.45, 2.75) is 20.3 Å². The number of carbonyl (C=O) groups excluding carboxylic acids is 2. The summed E-state index contributed by atoms with van der Waals surface area (Å²) in [5, 5.41) is 0. The van der Waals surface area contributed by atoms with Crippen LogP contribution >= 0.6 is 0 Å². The lowest BCUT2D eigenvalue weighted by Crippen LogP contribution is -2.10. The van der Waals surface area contributed by atoms with Crippen LogP contribution in [-0.2, 0) is 4.79 Å². The molecule has 1 rings (SSSR count). The molecule has 15 heavy (non-hydrogen) atoms. The molecule has 1 aromatic heterocycles. The van der Waals surface area contributed by atoms with E-state index in [9.17, 15) is 9.59 Å². The minimum absolute atomic E-state index is 0.196. The van der Waals surface area contributed by atoms with E-state index in [0.29, 0.717) is 12.0 Å². The first-order valence-corrected chi connectivity index (χ1v) is 4.82. The van der Waals surface area contributed by atoms with E-state index in [0.717, 1.165) is 0 Å². The second-order valence-electron chi connectivity index (χ2n) is 3.15. The molecule has 0 saturated carbocycles. The molecule has 0 N–H and O–H groups in total. The van der Waals surface area contributed by atoms with Gasteiger partial charge in [-0.05, 0) is 25.5 Å². The van der Waals surface area contributed by atoms with Crippen LogP contribution in [0.4, 0.5) is 0 Å². The van der Waals surface area contributed by atoms with Gasteiger partial charge in [0.05, 0.1) is 5.57 Å². The summed E-state index contributed by atoms with van der Waals surface area (Å²) in [6.45, 7) is 3.29. The van der Waals surface area contributed by atoms with Gasteiger partial charge in [0.1, 0.15) is 0 Å². The molecule has 0 radical (unpaired) electrons. The predicted molar refractivity (Wildman–Crippen MR) is 57.6 cm³/mol. The van der Waals surface area contributed by atoms with Crippen molar-refractivity contribution in [2.24, 2.45) is 0 Å². The van der Waals surface area contributed by atoms with E-state index >= 15 is 0 Å². The Balaban J connectivity index is 3.02. The lowest BCUT2D eigenvalue weighted by atomic mass is 10.0. The van der Waals surface area contributed by atoms with Gasteiger partial charge in [-0.25, -0.2) is 0 Å². The summed E-state index contributed by atoms with van der Waals surface area (Å²) in [6.07, 6.45) is 5.41. The van der Waals surface area contributed by atoms with Gasteiger partial charge < -0.3 is 0 Å². The van der Waals surface area contributed by atoms with Crippen LogP contribution in [0.25, 0.3) is 0 Å². The van der Waals surface area contributed by atoms with Gasteiger partial charge in [0.15, 0.2) is 11.6 Å². The molecule has 3 heteroatoms. The smallest absolute Gasteiger partial charge is 0.196 e. The molecule has 0 fully saturated rings. The molecule has 1 heterocycles. The molecule has 0 spiro atoms.